The molecule has 2 N–H and O–H groups in total. The average Bonchev–Trinajstić information content (AvgIpc) is 3.11. The van der Waals surface area contributed by atoms with E-state index >= 15 is 0 Å². The van der Waals surface area contributed by atoms with Crippen LogP contribution in [0.15, 0.2) is 72.8 Å². The minimum atomic E-state index is -0.151. The number of carbonyl (C=O) groups is 2. The second-order valence-electron chi connectivity index (χ2n) is 6.67. The minimum absolute atomic E-state index is 0.131. The van der Waals surface area contributed by atoms with Gasteiger partial charge in [0.05, 0.1) is 16.6 Å². The number of ether oxygens (including phenoxy) is 1. The SMILES string of the molecule is CC(=O)Nc1ccc(CC(=O)Nc2nc3ccc(Oc4ccccc4)cc3s2)cc1. The van der Waals surface area contributed by atoms with E-state index in [4.69, 9.17) is 4.74 Å². The molecule has 1 heterocycles. The van der Waals surface area contributed by atoms with Gasteiger partial charge in [-0.25, -0.2) is 4.98 Å². The first-order valence-electron chi connectivity index (χ1n) is 9.35. The van der Waals surface area contributed by atoms with E-state index in [0.717, 1.165) is 27.3 Å². The van der Waals surface area contributed by atoms with Crippen molar-refractivity contribution in [3.8, 4) is 11.5 Å². The summed E-state index contributed by atoms with van der Waals surface area (Å²) in [6.45, 7) is 1.45. The molecule has 7 heteroatoms. The summed E-state index contributed by atoms with van der Waals surface area (Å²) >= 11 is 1.40. The molecule has 0 aliphatic carbocycles. The van der Waals surface area contributed by atoms with Crippen molar-refractivity contribution in [3.05, 3.63) is 78.4 Å². The zero-order chi connectivity index (χ0) is 20.9. The number of amides is 2. The third-order valence-electron chi connectivity index (χ3n) is 4.22. The van der Waals surface area contributed by atoms with Gasteiger partial charge in [0.2, 0.25) is 11.8 Å². The molecule has 2 amide bonds. The molecule has 1 aromatic heterocycles. The fraction of sp³-hybridized carbons (Fsp3) is 0.0870. The number of aromatic nitrogens is 1. The van der Waals surface area contributed by atoms with Gasteiger partial charge in [0.25, 0.3) is 0 Å². The zero-order valence-electron chi connectivity index (χ0n) is 16.2. The van der Waals surface area contributed by atoms with Crippen LogP contribution in [0.25, 0.3) is 10.2 Å². The summed E-state index contributed by atoms with van der Waals surface area (Å²) in [4.78, 5) is 27.9. The van der Waals surface area contributed by atoms with Gasteiger partial charge in [-0.2, -0.15) is 0 Å². The van der Waals surface area contributed by atoms with Crippen molar-refractivity contribution in [1.82, 2.24) is 4.98 Å². The van der Waals surface area contributed by atoms with E-state index in [1.165, 1.54) is 18.3 Å². The number of fused-ring (bicyclic) bond motifs is 1. The largest absolute Gasteiger partial charge is 0.457 e. The third-order valence-corrected chi connectivity index (χ3v) is 5.16. The molecular weight excluding hydrogens is 398 g/mol. The van der Waals surface area contributed by atoms with E-state index in [1.807, 2.05) is 60.7 Å². The molecule has 0 saturated heterocycles. The molecule has 0 radical (unpaired) electrons. The molecule has 0 aliphatic rings. The van der Waals surface area contributed by atoms with Gasteiger partial charge in [0.1, 0.15) is 11.5 Å². The van der Waals surface area contributed by atoms with Crippen LogP contribution in [-0.2, 0) is 16.0 Å². The van der Waals surface area contributed by atoms with Crippen LogP contribution in [0, 0.1) is 0 Å². The van der Waals surface area contributed by atoms with Crippen LogP contribution in [0.3, 0.4) is 0 Å². The number of para-hydroxylation sites is 1. The van der Waals surface area contributed by atoms with Gasteiger partial charge in [-0.15, -0.1) is 0 Å². The van der Waals surface area contributed by atoms with Crippen molar-refractivity contribution in [1.29, 1.82) is 0 Å². The van der Waals surface area contributed by atoms with Crippen molar-refractivity contribution in [2.45, 2.75) is 13.3 Å². The Balaban J connectivity index is 1.40. The lowest BCUT2D eigenvalue weighted by atomic mass is 10.1. The maximum absolute atomic E-state index is 12.4. The highest BCUT2D eigenvalue weighted by Crippen LogP contribution is 2.31. The van der Waals surface area contributed by atoms with Crippen molar-refractivity contribution in [3.63, 3.8) is 0 Å². The highest BCUT2D eigenvalue weighted by atomic mass is 32.1. The molecule has 0 bridgehead atoms. The van der Waals surface area contributed by atoms with Gasteiger partial charge in [-0.05, 0) is 42.0 Å². The van der Waals surface area contributed by atoms with Gasteiger partial charge in [0.15, 0.2) is 5.13 Å². The first kappa shape index (κ1) is 19.6. The standard InChI is InChI=1S/C23H19N3O3S/c1-15(27)24-17-9-7-16(8-10-17)13-22(28)26-23-25-20-12-11-19(14-21(20)30-23)29-18-5-3-2-4-6-18/h2-12,14H,13H2,1H3,(H,24,27)(H,25,26,28). The molecule has 0 aliphatic heterocycles. The average molecular weight is 417 g/mol. The number of nitrogens with one attached hydrogen (secondary N) is 2. The van der Waals surface area contributed by atoms with Gasteiger partial charge < -0.3 is 15.4 Å². The molecule has 6 nitrogen and oxygen atoms in total. The Kier molecular flexibility index (Phi) is 5.72. The number of benzene rings is 3. The summed E-state index contributed by atoms with van der Waals surface area (Å²) in [7, 11) is 0. The summed E-state index contributed by atoms with van der Waals surface area (Å²) < 4.78 is 6.78. The number of hydrogen-bond donors (Lipinski definition) is 2. The van der Waals surface area contributed by atoms with Crippen LogP contribution in [-0.4, -0.2) is 16.8 Å². The van der Waals surface area contributed by atoms with Crippen LogP contribution in [0.4, 0.5) is 10.8 Å². The van der Waals surface area contributed by atoms with Gasteiger partial charge in [-0.3, -0.25) is 9.59 Å². The highest BCUT2D eigenvalue weighted by molar-refractivity contribution is 7.22. The number of nitrogens with zero attached hydrogens (tertiary/aromatic N) is 1. The smallest absolute Gasteiger partial charge is 0.230 e. The van der Waals surface area contributed by atoms with Crippen LogP contribution in [0.1, 0.15) is 12.5 Å². The number of hydrogen-bond acceptors (Lipinski definition) is 5. The Morgan fingerprint density at radius 3 is 2.43 bits per heavy atom. The van der Waals surface area contributed by atoms with Crippen molar-refractivity contribution in [2.75, 3.05) is 10.6 Å². The number of anilines is 2. The first-order valence-corrected chi connectivity index (χ1v) is 10.2. The molecule has 0 saturated carbocycles. The second-order valence-corrected chi connectivity index (χ2v) is 7.70. The molecule has 3 aromatic carbocycles. The summed E-state index contributed by atoms with van der Waals surface area (Å²) in [6, 6.07) is 22.4. The molecule has 4 aromatic rings. The Morgan fingerprint density at radius 1 is 0.933 bits per heavy atom. The van der Waals surface area contributed by atoms with Crippen molar-refractivity contribution < 1.29 is 14.3 Å². The Bertz CT molecular complexity index is 1190. The van der Waals surface area contributed by atoms with E-state index in [1.54, 1.807) is 12.1 Å². The molecule has 0 spiro atoms. The highest BCUT2D eigenvalue weighted by Gasteiger charge is 2.10. The van der Waals surface area contributed by atoms with Crippen LogP contribution in [0.2, 0.25) is 0 Å². The Hall–Kier alpha value is -3.71. The molecule has 0 unspecified atom stereocenters. The van der Waals surface area contributed by atoms with Crippen molar-refractivity contribution in [2.24, 2.45) is 0 Å². The maximum Gasteiger partial charge on any atom is 0.230 e. The maximum atomic E-state index is 12.4. The fourth-order valence-electron chi connectivity index (χ4n) is 2.90. The molecule has 30 heavy (non-hydrogen) atoms. The number of thiazole rings is 1. The predicted octanol–water partition coefficient (Wildman–Crippen LogP) is 5.23. The van der Waals surface area contributed by atoms with E-state index < -0.39 is 0 Å². The normalized spacial score (nSPS) is 10.6. The predicted molar refractivity (Wildman–Crippen MR) is 119 cm³/mol. The number of rotatable bonds is 6. The topological polar surface area (TPSA) is 80.3 Å². The van der Waals surface area contributed by atoms with Crippen molar-refractivity contribution >= 4 is 44.2 Å². The first-order chi connectivity index (χ1) is 14.5. The van der Waals surface area contributed by atoms with Gasteiger partial charge in [0, 0.05) is 18.7 Å². The van der Waals surface area contributed by atoms with E-state index in [2.05, 4.69) is 15.6 Å². The lowest BCUT2D eigenvalue weighted by molar-refractivity contribution is -0.116. The van der Waals surface area contributed by atoms with Gasteiger partial charge >= 0.3 is 0 Å². The number of carbonyl (C=O) groups excluding carboxylic acids is 2. The molecule has 0 fully saturated rings. The quantitative estimate of drug-likeness (QED) is 0.450. The van der Waals surface area contributed by atoms with E-state index in [9.17, 15) is 9.59 Å². The molecule has 4 rings (SSSR count). The lowest BCUT2D eigenvalue weighted by Gasteiger charge is -2.04. The lowest BCUT2D eigenvalue weighted by Crippen LogP contribution is -2.14. The van der Waals surface area contributed by atoms with E-state index in [0.29, 0.717) is 10.8 Å². The van der Waals surface area contributed by atoms with E-state index in [-0.39, 0.29) is 18.2 Å². The summed E-state index contributed by atoms with van der Waals surface area (Å²) in [5, 5.41) is 6.10. The molecular formula is C23H19N3O3S. The summed E-state index contributed by atoms with van der Waals surface area (Å²) in [5.41, 5.74) is 2.35. The summed E-state index contributed by atoms with van der Waals surface area (Å²) in [6.07, 6.45) is 0.221. The molecule has 0 atom stereocenters. The summed E-state index contributed by atoms with van der Waals surface area (Å²) in [5.74, 6) is 1.20. The van der Waals surface area contributed by atoms with Gasteiger partial charge in [-0.1, -0.05) is 41.7 Å². The van der Waals surface area contributed by atoms with Crippen LogP contribution < -0.4 is 15.4 Å². The molecule has 150 valence electrons. The minimum Gasteiger partial charge on any atom is -0.457 e. The second kappa shape index (κ2) is 8.75. The fourth-order valence-corrected chi connectivity index (χ4v) is 3.82. The zero-order valence-corrected chi connectivity index (χ0v) is 17.0. The Labute approximate surface area is 177 Å². The van der Waals surface area contributed by atoms with Crippen LogP contribution >= 0.6 is 11.3 Å². The monoisotopic (exact) mass is 417 g/mol. The van der Waals surface area contributed by atoms with Crippen LogP contribution in [0.5, 0.6) is 11.5 Å². The third kappa shape index (κ3) is 5.01. The Morgan fingerprint density at radius 2 is 1.70 bits per heavy atom.